The fourth-order valence-corrected chi connectivity index (χ4v) is 1.09. The standard InChI is InChI=1S/C10H9NO4/c1-6(12)11-8-5-3-2-4-7(8)9(13)10(14)15/h2-5H,1H3,(H,11,12)(H,14,15)/p-1. The van der Waals surface area contributed by atoms with Crippen molar-refractivity contribution >= 4 is 23.3 Å². The number of carbonyl (C=O) groups is 3. The Labute approximate surface area is 85.7 Å². The summed E-state index contributed by atoms with van der Waals surface area (Å²) in [7, 11) is 0. The second-order valence-corrected chi connectivity index (χ2v) is 2.84. The monoisotopic (exact) mass is 206 g/mol. The SMILES string of the molecule is CC(=O)Nc1ccccc1C(=O)C(=O)[O-]. The van der Waals surface area contributed by atoms with Gasteiger partial charge in [0, 0.05) is 12.5 Å². The van der Waals surface area contributed by atoms with Crippen molar-refractivity contribution in [2.24, 2.45) is 0 Å². The maximum atomic E-state index is 11.1. The smallest absolute Gasteiger partial charge is 0.221 e. The van der Waals surface area contributed by atoms with Crippen molar-refractivity contribution in [3.63, 3.8) is 0 Å². The van der Waals surface area contributed by atoms with E-state index in [1.807, 2.05) is 0 Å². The number of hydrogen-bond donors (Lipinski definition) is 1. The molecule has 5 nitrogen and oxygen atoms in total. The molecule has 0 atom stereocenters. The Morgan fingerprint density at radius 3 is 2.33 bits per heavy atom. The Kier molecular flexibility index (Phi) is 3.17. The van der Waals surface area contributed by atoms with Gasteiger partial charge in [-0.3, -0.25) is 9.59 Å². The molecule has 0 saturated carbocycles. The molecule has 0 bridgehead atoms. The van der Waals surface area contributed by atoms with Crippen molar-refractivity contribution in [3.05, 3.63) is 29.8 Å². The van der Waals surface area contributed by atoms with Crippen molar-refractivity contribution in [1.29, 1.82) is 0 Å². The molecule has 0 unspecified atom stereocenters. The summed E-state index contributed by atoms with van der Waals surface area (Å²) in [5.41, 5.74) is 0.0758. The summed E-state index contributed by atoms with van der Waals surface area (Å²) in [5, 5.41) is 12.7. The first-order valence-corrected chi connectivity index (χ1v) is 4.14. The number of hydrogen-bond acceptors (Lipinski definition) is 4. The van der Waals surface area contributed by atoms with E-state index in [1.54, 1.807) is 6.07 Å². The van der Waals surface area contributed by atoms with Crippen LogP contribution in [0.3, 0.4) is 0 Å². The van der Waals surface area contributed by atoms with E-state index >= 15 is 0 Å². The van der Waals surface area contributed by atoms with Crippen molar-refractivity contribution in [1.82, 2.24) is 0 Å². The fraction of sp³-hybridized carbons (Fsp3) is 0.100. The lowest BCUT2D eigenvalue weighted by atomic mass is 10.1. The summed E-state index contributed by atoms with van der Waals surface area (Å²) in [6, 6.07) is 5.83. The van der Waals surface area contributed by atoms with Crippen LogP contribution in [0.1, 0.15) is 17.3 Å². The highest BCUT2D eigenvalue weighted by Crippen LogP contribution is 2.15. The topological polar surface area (TPSA) is 86.3 Å². The van der Waals surface area contributed by atoms with E-state index in [9.17, 15) is 19.5 Å². The fourth-order valence-electron chi connectivity index (χ4n) is 1.09. The van der Waals surface area contributed by atoms with Gasteiger partial charge in [0.2, 0.25) is 11.7 Å². The lowest BCUT2D eigenvalue weighted by molar-refractivity contribution is -0.296. The van der Waals surface area contributed by atoms with Gasteiger partial charge in [-0.05, 0) is 12.1 Å². The van der Waals surface area contributed by atoms with E-state index in [0.29, 0.717) is 0 Å². The van der Waals surface area contributed by atoms with Gasteiger partial charge in [0.15, 0.2) is 0 Å². The zero-order chi connectivity index (χ0) is 11.4. The lowest BCUT2D eigenvalue weighted by Crippen LogP contribution is -2.32. The van der Waals surface area contributed by atoms with Crippen molar-refractivity contribution in [2.45, 2.75) is 6.92 Å². The first-order chi connectivity index (χ1) is 7.02. The third-order valence-corrected chi connectivity index (χ3v) is 1.67. The number of amides is 1. The number of Topliss-reactive ketones (excluding diaryl/α,β-unsaturated/α-hetero) is 1. The number of rotatable bonds is 3. The summed E-state index contributed by atoms with van der Waals surface area (Å²) >= 11 is 0. The molecule has 0 spiro atoms. The molecule has 1 aromatic carbocycles. The molecule has 0 heterocycles. The molecule has 0 aliphatic carbocycles. The normalized spacial score (nSPS) is 9.40. The van der Waals surface area contributed by atoms with Crippen LogP contribution >= 0.6 is 0 Å². The Bertz CT molecular complexity index is 425. The van der Waals surface area contributed by atoms with Gasteiger partial charge in [-0.2, -0.15) is 0 Å². The summed E-state index contributed by atoms with van der Waals surface area (Å²) in [6.07, 6.45) is 0. The minimum absolute atomic E-state index is 0.0901. The molecule has 5 heteroatoms. The number of carbonyl (C=O) groups excluding carboxylic acids is 3. The van der Waals surface area contributed by atoms with Gasteiger partial charge in [0.05, 0.1) is 5.69 Å². The maximum Gasteiger partial charge on any atom is 0.221 e. The van der Waals surface area contributed by atoms with Crippen LogP contribution in [0.5, 0.6) is 0 Å². The first-order valence-electron chi connectivity index (χ1n) is 4.14. The van der Waals surface area contributed by atoms with Gasteiger partial charge in [-0.1, -0.05) is 12.1 Å². The lowest BCUT2D eigenvalue weighted by Gasteiger charge is -2.08. The second kappa shape index (κ2) is 4.36. The van der Waals surface area contributed by atoms with E-state index in [2.05, 4.69) is 5.32 Å². The minimum atomic E-state index is -1.80. The number of aliphatic carboxylic acids is 1. The number of benzene rings is 1. The Morgan fingerprint density at radius 2 is 1.80 bits per heavy atom. The van der Waals surface area contributed by atoms with Gasteiger partial charge >= 0.3 is 0 Å². The molecule has 1 N–H and O–H groups in total. The zero-order valence-corrected chi connectivity index (χ0v) is 7.94. The summed E-state index contributed by atoms with van der Waals surface area (Å²) in [4.78, 5) is 32.3. The molecule has 0 fully saturated rings. The van der Waals surface area contributed by atoms with Gasteiger partial charge in [0.25, 0.3) is 0 Å². The second-order valence-electron chi connectivity index (χ2n) is 2.84. The zero-order valence-electron chi connectivity index (χ0n) is 7.94. The maximum absolute atomic E-state index is 11.1. The van der Waals surface area contributed by atoms with Crippen LogP contribution in [-0.2, 0) is 9.59 Å². The summed E-state index contributed by atoms with van der Waals surface area (Å²) < 4.78 is 0. The quantitative estimate of drug-likeness (QED) is 0.537. The third-order valence-electron chi connectivity index (χ3n) is 1.67. The van der Waals surface area contributed by atoms with Crippen LogP contribution < -0.4 is 10.4 Å². The van der Waals surface area contributed by atoms with E-state index in [0.717, 1.165) is 0 Å². The van der Waals surface area contributed by atoms with Crippen LogP contribution in [-0.4, -0.2) is 17.7 Å². The molecule has 0 aliphatic heterocycles. The molecule has 1 amide bonds. The molecule has 1 rings (SSSR count). The van der Waals surface area contributed by atoms with Crippen molar-refractivity contribution in [3.8, 4) is 0 Å². The van der Waals surface area contributed by atoms with Crippen LogP contribution in [0.15, 0.2) is 24.3 Å². The number of ketones is 1. The summed E-state index contributed by atoms with van der Waals surface area (Å²) in [6.45, 7) is 1.26. The Morgan fingerprint density at radius 1 is 1.20 bits per heavy atom. The van der Waals surface area contributed by atoms with Crippen LogP contribution in [0, 0.1) is 0 Å². The minimum Gasteiger partial charge on any atom is -0.541 e. The number of carboxylic acids is 1. The van der Waals surface area contributed by atoms with Crippen molar-refractivity contribution < 1.29 is 19.5 Å². The van der Waals surface area contributed by atoms with Gasteiger partial charge < -0.3 is 15.2 Å². The average molecular weight is 206 g/mol. The molecular weight excluding hydrogens is 198 g/mol. The average Bonchev–Trinajstić information content (AvgIpc) is 2.16. The van der Waals surface area contributed by atoms with E-state index < -0.39 is 11.8 Å². The van der Waals surface area contributed by atoms with Gasteiger partial charge in [-0.15, -0.1) is 0 Å². The predicted molar refractivity (Wildman–Crippen MR) is 50.1 cm³/mol. The number of anilines is 1. The van der Waals surface area contributed by atoms with E-state index in [4.69, 9.17) is 0 Å². The highest BCUT2D eigenvalue weighted by Gasteiger charge is 2.12. The van der Waals surface area contributed by atoms with E-state index in [1.165, 1.54) is 25.1 Å². The molecule has 0 aliphatic rings. The Hall–Kier alpha value is -2.17. The number of carboxylic acid groups (broad SMARTS) is 1. The van der Waals surface area contributed by atoms with Crippen LogP contribution in [0.4, 0.5) is 5.69 Å². The predicted octanol–water partition coefficient (Wildman–Crippen LogP) is -0.422. The largest absolute Gasteiger partial charge is 0.541 e. The van der Waals surface area contributed by atoms with E-state index in [-0.39, 0.29) is 17.2 Å². The van der Waals surface area contributed by atoms with Gasteiger partial charge in [0.1, 0.15) is 5.97 Å². The summed E-state index contributed by atoms with van der Waals surface area (Å²) in [5.74, 6) is -3.33. The third kappa shape index (κ3) is 2.63. The Balaban J connectivity index is 3.11. The molecular formula is C10H8NO4-. The van der Waals surface area contributed by atoms with Crippen molar-refractivity contribution in [2.75, 3.05) is 5.32 Å². The molecule has 0 radical (unpaired) electrons. The molecule has 1 aromatic rings. The first kappa shape index (κ1) is 10.9. The van der Waals surface area contributed by atoms with Gasteiger partial charge in [-0.25, -0.2) is 0 Å². The van der Waals surface area contributed by atoms with Crippen LogP contribution in [0.2, 0.25) is 0 Å². The number of para-hydroxylation sites is 1. The highest BCUT2D eigenvalue weighted by molar-refractivity contribution is 6.40. The molecule has 78 valence electrons. The molecule has 0 aromatic heterocycles. The number of nitrogens with one attached hydrogen (secondary N) is 1. The highest BCUT2D eigenvalue weighted by atomic mass is 16.4. The van der Waals surface area contributed by atoms with Crippen LogP contribution in [0.25, 0.3) is 0 Å². The molecule has 0 saturated heterocycles. The molecule has 15 heavy (non-hydrogen) atoms.